The Labute approximate surface area is 150 Å². The van der Waals surface area contributed by atoms with E-state index in [4.69, 9.17) is 0 Å². The van der Waals surface area contributed by atoms with Crippen LogP contribution in [0.15, 0.2) is 18.2 Å². The molecule has 1 heterocycles. The molecule has 7 heteroatoms. The van der Waals surface area contributed by atoms with E-state index >= 15 is 0 Å². The van der Waals surface area contributed by atoms with E-state index < -0.39 is 11.9 Å². The van der Waals surface area contributed by atoms with Gasteiger partial charge in [-0.1, -0.05) is 18.6 Å². The van der Waals surface area contributed by atoms with Crippen molar-refractivity contribution in [3.8, 4) is 0 Å². The quantitative estimate of drug-likeness (QED) is 0.818. The highest BCUT2D eigenvalue weighted by Gasteiger charge is 2.39. The molecule has 0 fully saturated rings. The smallest absolute Gasteiger partial charge is 0.324 e. The number of carbonyl (C=O) groups is 1. The van der Waals surface area contributed by atoms with Crippen LogP contribution >= 0.6 is 0 Å². The second-order valence-electron chi connectivity index (χ2n) is 6.79. The zero-order valence-electron chi connectivity index (χ0n) is 14.9. The van der Waals surface area contributed by atoms with Gasteiger partial charge in [-0.05, 0) is 56.7 Å². The van der Waals surface area contributed by atoms with Crippen LogP contribution in [0.2, 0.25) is 0 Å². The van der Waals surface area contributed by atoms with Crippen LogP contribution in [0.5, 0.6) is 0 Å². The first-order valence-corrected chi connectivity index (χ1v) is 8.79. The lowest BCUT2D eigenvalue weighted by atomic mass is 10.1. The maximum Gasteiger partial charge on any atom is 0.435 e. The number of amides is 1. The monoisotopic (exact) mass is 365 g/mol. The van der Waals surface area contributed by atoms with Crippen molar-refractivity contribution in [3.63, 3.8) is 0 Å². The van der Waals surface area contributed by atoms with Gasteiger partial charge in [0.1, 0.15) is 6.54 Å². The van der Waals surface area contributed by atoms with Crippen molar-refractivity contribution >= 4 is 11.6 Å². The molecule has 0 bridgehead atoms. The summed E-state index contributed by atoms with van der Waals surface area (Å²) in [5, 5.41) is 6.55. The van der Waals surface area contributed by atoms with Crippen molar-refractivity contribution in [3.05, 3.63) is 46.3 Å². The van der Waals surface area contributed by atoms with Crippen LogP contribution in [0.4, 0.5) is 18.9 Å². The highest BCUT2D eigenvalue weighted by atomic mass is 19.4. The summed E-state index contributed by atoms with van der Waals surface area (Å²) in [6.07, 6.45) is -1.19. The largest absolute Gasteiger partial charge is 0.435 e. The molecule has 2 aromatic rings. The predicted molar refractivity (Wildman–Crippen MR) is 93.0 cm³/mol. The molecule has 0 atom stereocenters. The molecular formula is C19H22F3N3O. The van der Waals surface area contributed by atoms with Crippen molar-refractivity contribution < 1.29 is 18.0 Å². The van der Waals surface area contributed by atoms with E-state index in [-0.39, 0.29) is 18.0 Å². The SMILES string of the molecule is Cc1cccc(NC(=O)Cn2nc(C(F)(F)F)c3c2CCCCC3)c1C. The highest BCUT2D eigenvalue weighted by molar-refractivity contribution is 5.91. The Morgan fingerprint density at radius 1 is 1.19 bits per heavy atom. The predicted octanol–water partition coefficient (Wildman–Crippen LogP) is 4.43. The number of alkyl halides is 3. The minimum absolute atomic E-state index is 0.216. The van der Waals surface area contributed by atoms with E-state index in [0.29, 0.717) is 24.2 Å². The number of nitrogens with zero attached hydrogens (tertiary/aromatic N) is 2. The average molecular weight is 365 g/mol. The van der Waals surface area contributed by atoms with Gasteiger partial charge >= 0.3 is 6.18 Å². The molecule has 1 amide bonds. The molecule has 0 saturated carbocycles. The lowest BCUT2D eigenvalue weighted by Crippen LogP contribution is -2.22. The van der Waals surface area contributed by atoms with Crippen LogP contribution in [0.3, 0.4) is 0 Å². The highest BCUT2D eigenvalue weighted by Crippen LogP contribution is 2.35. The van der Waals surface area contributed by atoms with E-state index in [0.717, 1.165) is 30.4 Å². The van der Waals surface area contributed by atoms with Crippen molar-refractivity contribution in [1.82, 2.24) is 9.78 Å². The summed E-state index contributed by atoms with van der Waals surface area (Å²) >= 11 is 0. The molecule has 140 valence electrons. The van der Waals surface area contributed by atoms with Crippen LogP contribution in [-0.4, -0.2) is 15.7 Å². The molecule has 26 heavy (non-hydrogen) atoms. The van der Waals surface area contributed by atoms with E-state index in [2.05, 4.69) is 10.4 Å². The van der Waals surface area contributed by atoms with Crippen molar-refractivity contribution in [2.24, 2.45) is 0 Å². The topological polar surface area (TPSA) is 46.9 Å². The first-order chi connectivity index (χ1) is 12.3. The zero-order chi connectivity index (χ0) is 18.9. The molecule has 0 saturated heterocycles. The Bertz CT molecular complexity index is 824. The van der Waals surface area contributed by atoms with Crippen LogP contribution in [0, 0.1) is 13.8 Å². The van der Waals surface area contributed by atoms with Gasteiger partial charge in [0.2, 0.25) is 5.91 Å². The molecule has 1 aromatic carbocycles. The number of fused-ring (bicyclic) bond motifs is 1. The summed E-state index contributed by atoms with van der Waals surface area (Å²) in [5.41, 5.74) is 2.62. The first kappa shape index (κ1) is 18.5. The third-order valence-electron chi connectivity index (χ3n) is 4.95. The molecule has 1 aliphatic rings. The second kappa shape index (κ2) is 7.13. The Hall–Kier alpha value is -2.31. The fourth-order valence-corrected chi connectivity index (χ4v) is 3.42. The summed E-state index contributed by atoms with van der Waals surface area (Å²) in [5.74, 6) is -0.373. The van der Waals surface area contributed by atoms with Gasteiger partial charge in [-0.2, -0.15) is 18.3 Å². The van der Waals surface area contributed by atoms with Gasteiger partial charge < -0.3 is 5.32 Å². The third-order valence-corrected chi connectivity index (χ3v) is 4.95. The lowest BCUT2D eigenvalue weighted by molar-refractivity contribution is -0.142. The maximum absolute atomic E-state index is 13.3. The fourth-order valence-electron chi connectivity index (χ4n) is 3.42. The lowest BCUT2D eigenvalue weighted by Gasteiger charge is -2.12. The minimum Gasteiger partial charge on any atom is -0.324 e. The van der Waals surface area contributed by atoms with Gasteiger partial charge in [-0.25, -0.2) is 0 Å². The molecule has 0 aliphatic heterocycles. The van der Waals surface area contributed by atoms with Crippen LogP contribution in [-0.2, 0) is 30.4 Å². The fraction of sp³-hybridized carbons (Fsp3) is 0.474. The average Bonchev–Trinajstić information content (AvgIpc) is 2.75. The van der Waals surface area contributed by atoms with Crippen molar-refractivity contribution in [2.75, 3.05) is 5.32 Å². The van der Waals surface area contributed by atoms with Gasteiger partial charge in [0.15, 0.2) is 5.69 Å². The van der Waals surface area contributed by atoms with Gasteiger partial charge in [-0.3, -0.25) is 9.48 Å². The summed E-state index contributed by atoms with van der Waals surface area (Å²) in [6.45, 7) is 3.62. The Balaban J connectivity index is 1.86. The molecular weight excluding hydrogens is 343 g/mol. The van der Waals surface area contributed by atoms with Crippen LogP contribution in [0.1, 0.15) is 47.3 Å². The molecule has 1 N–H and O–H groups in total. The van der Waals surface area contributed by atoms with Gasteiger partial charge in [0.05, 0.1) is 0 Å². The van der Waals surface area contributed by atoms with Crippen molar-refractivity contribution in [1.29, 1.82) is 0 Å². The number of nitrogens with one attached hydrogen (secondary N) is 1. The summed E-state index contributed by atoms with van der Waals surface area (Å²) in [6, 6.07) is 5.55. The number of benzene rings is 1. The summed E-state index contributed by atoms with van der Waals surface area (Å²) < 4.78 is 41.2. The summed E-state index contributed by atoms with van der Waals surface area (Å²) in [4.78, 5) is 12.4. The molecule has 4 nitrogen and oxygen atoms in total. The van der Waals surface area contributed by atoms with E-state index in [9.17, 15) is 18.0 Å². The maximum atomic E-state index is 13.3. The van der Waals surface area contributed by atoms with E-state index in [1.165, 1.54) is 4.68 Å². The first-order valence-electron chi connectivity index (χ1n) is 8.79. The molecule has 3 rings (SSSR count). The van der Waals surface area contributed by atoms with E-state index in [1.54, 1.807) is 6.07 Å². The molecule has 0 spiro atoms. The van der Waals surface area contributed by atoms with Gasteiger partial charge in [-0.15, -0.1) is 0 Å². The van der Waals surface area contributed by atoms with Gasteiger partial charge in [0, 0.05) is 16.9 Å². The number of aryl methyl sites for hydroxylation is 1. The molecule has 1 aliphatic carbocycles. The summed E-state index contributed by atoms with van der Waals surface area (Å²) in [7, 11) is 0. The normalized spacial score (nSPS) is 14.7. The number of hydrogen-bond donors (Lipinski definition) is 1. The number of rotatable bonds is 3. The van der Waals surface area contributed by atoms with Crippen molar-refractivity contribution in [2.45, 2.75) is 58.7 Å². The third kappa shape index (κ3) is 3.76. The van der Waals surface area contributed by atoms with E-state index in [1.807, 2.05) is 26.0 Å². The Kier molecular flexibility index (Phi) is 5.07. The van der Waals surface area contributed by atoms with Crippen LogP contribution < -0.4 is 5.32 Å². The zero-order valence-corrected chi connectivity index (χ0v) is 14.9. The number of hydrogen-bond acceptors (Lipinski definition) is 2. The molecule has 0 unspecified atom stereocenters. The minimum atomic E-state index is -4.50. The molecule has 0 radical (unpaired) electrons. The number of aromatic nitrogens is 2. The van der Waals surface area contributed by atoms with Gasteiger partial charge in [0.25, 0.3) is 0 Å². The number of anilines is 1. The standard InChI is InChI=1S/C19H22F3N3O/c1-12-7-6-9-15(13(12)2)23-17(26)11-25-16-10-5-3-4-8-14(16)18(24-25)19(20,21)22/h6-7,9H,3-5,8,10-11H2,1-2H3,(H,23,26). The Morgan fingerprint density at radius 3 is 2.65 bits per heavy atom. The van der Waals surface area contributed by atoms with Crippen LogP contribution in [0.25, 0.3) is 0 Å². The number of carbonyl (C=O) groups excluding carboxylic acids is 1. The Morgan fingerprint density at radius 2 is 1.92 bits per heavy atom. The molecule has 1 aromatic heterocycles. The number of halogens is 3. The second-order valence-corrected chi connectivity index (χ2v) is 6.79.